The van der Waals surface area contributed by atoms with Crippen LogP contribution in [0.25, 0.3) is 0 Å². The van der Waals surface area contributed by atoms with E-state index < -0.39 is 5.60 Å². The monoisotopic (exact) mass is 511 g/mol. The second kappa shape index (κ2) is 11.1. The van der Waals surface area contributed by atoms with Crippen LogP contribution in [0.3, 0.4) is 0 Å². The molecule has 8 heteroatoms. The topological polar surface area (TPSA) is 56.7 Å². The van der Waals surface area contributed by atoms with Crippen LogP contribution >= 0.6 is 46.9 Å². The van der Waals surface area contributed by atoms with Gasteiger partial charge in [-0.25, -0.2) is 9.38 Å². The molecule has 1 aromatic heterocycles. The zero-order valence-corrected chi connectivity index (χ0v) is 18.7. The van der Waals surface area contributed by atoms with E-state index >= 15 is 0 Å². The number of aliphatic hydroxyl groups is 1. The molecule has 26 heavy (non-hydrogen) atoms. The minimum atomic E-state index is -1.03. The van der Waals surface area contributed by atoms with E-state index in [1.54, 1.807) is 19.1 Å². The molecule has 0 saturated heterocycles. The van der Waals surface area contributed by atoms with Gasteiger partial charge in [-0.1, -0.05) is 17.7 Å². The lowest BCUT2D eigenvalue weighted by molar-refractivity contribution is 0.0677. The first-order valence-corrected chi connectivity index (χ1v) is 9.46. The summed E-state index contributed by atoms with van der Waals surface area (Å²) in [4.78, 5) is 4.44. The number of aliphatic imine (C=N–C) groups is 1. The average Bonchev–Trinajstić information content (AvgIpc) is 3.11. The third-order valence-corrected chi connectivity index (χ3v) is 4.80. The van der Waals surface area contributed by atoms with Crippen molar-refractivity contribution in [2.24, 2.45) is 4.99 Å². The van der Waals surface area contributed by atoms with E-state index in [0.29, 0.717) is 36.1 Å². The zero-order valence-electron chi connectivity index (χ0n) is 14.8. The van der Waals surface area contributed by atoms with E-state index in [1.807, 2.05) is 23.8 Å². The fraction of sp³-hybridized carbons (Fsp3) is 0.389. The summed E-state index contributed by atoms with van der Waals surface area (Å²) in [7, 11) is 0. The van der Waals surface area contributed by atoms with Gasteiger partial charge in [0.1, 0.15) is 11.4 Å². The zero-order chi connectivity index (χ0) is 18.3. The number of hydrogen-bond acceptors (Lipinski definition) is 3. The van der Waals surface area contributed by atoms with E-state index in [0.717, 1.165) is 5.56 Å². The molecular weight excluding hydrogens is 488 g/mol. The highest BCUT2D eigenvalue weighted by Gasteiger charge is 2.23. The Balaban J connectivity index is 0.00000338. The molecule has 0 aliphatic rings. The van der Waals surface area contributed by atoms with Crippen LogP contribution in [-0.4, -0.2) is 30.7 Å². The lowest BCUT2D eigenvalue weighted by Crippen LogP contribution is -2.39. The summed E-state index contributed by atoms with van der Waals surface area (Å²) in [6.07, 6.45) is 0.441. The Morgan fingerprint density at radius 1 is 1.35 bits per heavy atom. The first kappa shape index (κ1) is 23.1. The van der Waals surface area contributed by atoms with Crippen molar-refractivity contribution in [3.05, 3.63) is 57.0 Å². The third-order valence-electron chi connectivity index (χ3n) is 3.76. The molecule has 2 rings (SSSR count). The van der Waals surface area contributed by atoms with Crippen LogP contribution < -0.4 is 10.6 Å². The maximum absolute atomic E-state index is 13.8. The summed E-state index contributed by atoms with van der Waals surface area (Å²) in [6.45, 7) is 5.09. The molecule has 0 bridgehead atoms. The number of thiophene rings is 1. The lowest BCUT2D eigenvalue weighted by atomic mass is 10.00. The van der Waals surface area contributed by atoms with E-state index in [4.69, 9.17) is 11.6 Å². The molecule has 0 aliphatic heterocycles. The van der Waals surface area contributed by atoms with Crippen LogP contribution in [0.4, 0.5) is 4.39 Å². The fourth-order valence-corrected chi connectivity index (χ4v) is 3.35. The van der Waals surface area contributed by atoms with Gasteiger partial charge in [0.05, 0.1) is 6.54 Å². The Hall–Kier alpha value is -0.900. The summed E-state index contributed by atoms with van der Waals surface area (Å²) in [5.74, 6) is 0.266. The summed E-state index contributed by atoms with van der Waals surface area (Å²) >= 11 is 7.58. The molecular formula is C18H24ClFIN3OS. The molecule has 1 aromatic carbocycles. The Kier molecular flexibility index (Phi) is 9.84. The number of guanidine groups is 1. The molecule has 3 N–H and O–H groups in total. The Labute approximate surface area is 179 Å². The first-order chi connectivity index (χ1) is 11.9. The van der Waals surface area contributed by atoms with Crippen LogP contribution in [0, 0.1) is 5.82 Å². The normalized spacial score (nSPS) is 13.7. The van der Waals surface area contributed by atoms with Gasteiger partial charge in [0.25, 0.3) is 0 Å². The Morgan fingerprint density at radius 3 is 2.73 bits per heavy atom. The van der Waals surface area contributed by atoms with Crippen LogP contribution in [0.1, 0.15) is 25.0 Å². The maximum atomic E-state index is 13.8. The predicted octanol–water partition coefficient (Wildman–Crippen LogP) is 4.16. The fourth-order valence-electron chi connectivity index (χ4n) is 2.31. The number of rotatable bonds is 7. The van der Waals surface area contributed by atoms with E-state index in [9.17, 15) is 9.50 Å². The van der Waals surface area contributed by atoms with Gasteiger partial charge in [0, 0.05) is 23.7 Å². The molecule has 0 saturated carbocycles. The number of hydrogen-bond donors (Lipinski definition) is 3. The molecule has 0 radical (unpaired) electrons. The summed E-state index contributed by atoms with van der Waals surface area (Å²) in [5, 5.41) is 21.1. The quantitative estimate of drug-likeness (QED) is 0.297. The molecule has 0 aliphatic carbocycles. The predicted molar refractivity (Wildman–Crippen MR) is 118 cm³/mol. The first-order valence-electron chi connectivity index (χ1n) is 8.14. The number of nitrogens with zero attached hydrogens (tertiary/aromatic N) is 1. The summed E-state index contributed by atoms with van der Waals surface area (Å²) < 4.78 is 13.8. The summed E-state index contributed by atoms with van der Waals surface area (Å²) in [6, 6.07) is 6.56. The third kappa shape index (κ3) is 6.68. The van der Waals surface area contributed by atoms with Crippen molar-refractivity contribution in [1.29, 1.82) is 0 Å². The van der Waals surface area contributed by atoms with Crippen molar-refractivity contribution >= 4 is 52.9 Å². The highest BCUT2D eigenvalue weighted by atomic mass is 127. The molecule has 1 atom stereocenters. The van der Waals surface area contributed by atoms with Crippen LogP contribution in [-0.2, 0) is 12.0 Å². The Bertz CT molecular complexity index is 690. The molecule has 0 fully saturated rings. The van der Waals surface area contributed by atoms with Crippen LogP contribution in [0.5, 0.6) is 0 Å². The number of benzene rings is 1. The minimum absolute atomic E-state index is 0. The van der Waals surface area contributed by atoms with Gasteiger partial charge < -0.3 is 15.7 Å². The molecule has 0 spiro atoms. The standard InChI is InChI=1S/C18H23ClFN3OS.HI/c1-3-21-17(23-12-18(2,24)13-8-10-25-11-13)22-9-7-14-15(19)5-4-6-16(14)20;/h4-6,8,10-11,24H,3,7,9,12H2,1-2H3,(H2,21,22,23);1H. The van der Waals surface area contributed by atoms with Gasteiger partial charge in [-0.2, -0.15) is 11.3 Å². The smallest absolute Gasteiger partial charge is 0.191 e. The van der Waals surface area contributed by atoms with Gasteiger partial charge in [0.15, 0.2) is 5.96 Å². The summed E-state index contributed by atoms with van der Waals surface area (Å²) in [5.41, 5.74) is 0.296. The van der Waals surface area contributed by atoms with Crippen molar-refractivity contribution in [2.75, 3.05) is 19.6 Å². The van der Waals surface area contributed by atoms with E-state index in [1.165, 1.54) is 17.4 Å². The van der Waals surface area contributed by atoms with Gasteiger partial charge in [0.2, 0.25) is 0 Å². The molecule has 0 amide bonds. The van der Waals surface area contributed by atoms with Gasteiger partial charge in [-0.3, -0.25) is 0 Å². The van der Waals surface area contributed by atoms with Crippen molar-refractivity contribution < 1.29 is 9.50 Å². The highest BCUT2D eigenvalue weighted by molar-refractivity contribution is 14.0. The number of halogens is 3. The Morgan fingerprint density at radius 2 is 2.12 bits per heavy atom. The molecule has 1 heterocycles. The molecule has 2 aromatic rings. The minimum Gasteiger partial charge on any atom is -0.383 e. The maximum Gasteiger partial charge on any atom is 0.191 e. The van der Waals surface area contributed by atoms with Crippen molar-refractivity contribution in [3.63, 3.8) is 0 Å². The van der Waals surface area contributed by atoms with Crippen molar-refractivity contribution in [1.82, 2.24) is 10.6 Å². The highest BCUT2D eigenvalue weighted by Crippen LogP contribution is 2.23. The van der Waals surface area contributed by atoms with Gasteiger partial charge >= 0.3 is 0 Å². The van der Waals surface area contributed by atoms with Gasteiger partial charge in [-0.05, 0) is 54.8 Å². The van der Waals surface area contributed by atoms with Crippen LogP contribution in [0.2, 0.25) is 5.02 Å². The van der Waals surface area contributed by atoms with Crippen LogP contribution in [0.15, 0.2) is 40.0 Å². The van der Waals surface area contributed by atoms with E-state index in [2.05, 4.69) is 15.6 Å². The van der Waals surface area contributed by atoms with Crippen molar-refractivity contribution in [3.8, 4) is 0 Å². The van der Waals surface area contributed by atoms with E-state index in [-0.39, 0.29) is 36.3 Å². The van der Waals surface area contributed by atoms with Crippen molar-refractivity contribution in [2.45, 2.75) is 25.9 Å². The largest absolute Gasteiger partial charge is 0.383 e. The second-order valence-corrected chi connectivity index (χ2v) is 7.05. The average molecular weight is 512 g/mol. The second-order valence-electron chi connectivity index (χ2n) is 5.86. The SMILES string of the molecule is CCNC(=NCC(C)(O)c1ccsc1)NCCc1c(F)cccc1Cl.I. The van der Waals surface area contributed by atoms with Gasteiger partial charge in [-0.15, -0.1) is 24.0 Å². The number of nitrogens with one attached hydrogen (secondary N) is 2. The molecule has 1 unspecified atom stereocenters. The molecule has 144 valence electrons. The lowest BCUT2D eigenvalue weighted by Gasteiger charge is -2.21. The molecule has 4 nitrogen and oxygen atoms in total.